The first kappa shape index (κ1) is 17.0. The number of halogens is 1. The SMILES string of the molecule is COc1ccc(C(O)c2cc(F)ccc2OCc2ccccc2)cc1. The van der Waals surface area contributed by atoms with Gasteiger partial charge < -0.3 is 14.6 Å². The summed E-state index contributed by atoms with van der Waals surface area (Å²) >= 11 is 0. The number of aliphatic hydroxyl groups excluding tert-OH is 1. The Morgan fingerprint density at radius 3 is 2.36 bits per heavy atom. The first-order valence-corrected chi connectivity index (χ1v) is 7.95. The molecule has 1 atom stereocenters. The molecule has 3 aromatic carbocycles. The van der Waals surface area contributed by atoms with Gasteiger partial charge in [-0.3, -0.25) is 0 Å². The monoisotopic (exact) mass is 338 g/mol. The lowest BCUT2D eigenvalue weighted by atomic mass is 10.0. The highest BCUT2D eigenvalue weighted by molar-refractivity contribution is 5.42. The van der Waals surface area contributed by atoms with E-state index in [0.717, 1.165) is 5.56 Å². The van der Waals surface area contributed by atoms with E-state index in [0.29, 0.717) is 29.2 Å². The molecule has 3 aromatic rings. The second kappa shape index (κ2) is 7.81. The molecule has 128 valence electrons. The molecule has 0 saturated carbocycles. The third-order valence-corrected chi connectivity index (χ3v) is 3.94. The van der Waals surface area contributed by atoms with E-state index in [1.165, 1.54) is 12.1 Å². The second-order valence-corrected chi connectivity index (χ2v) is 5.63. The standard InChI is InChI=1S/C21H19FO3/c1-24-18-10-7-16(8-11-18)21(23)19-13-17(22)9-12-20(19)25-14-15-5-3-2-4-6-15/h2-13,21,23H,14H2,1H3. The van der Waals surface area contributed by atoms with Crippen molar-refractivity contribution in [2.45, 2.75) is 12.7 Å². The van der Waals surface area contributed by atoms with Gasteiger partial charge in [-0.05, 0) is 41.5 Å². The summed E-state index contributed by atoms with van der Waals surface area (Å²) in [6, 6.07) is 20.8. The molecule has 1 unspecified atom stereocenters. The van der Waals surface area contributed by atoms with Crippen LogP contribution < -0.4 is 9.47 Å². The quantitative estimate of drug-likeness (QED) is 0.719. The third-order valence-electron chi connectivity index (χ3n) is 3.94. The van der Waals surface area contributed by atoms with Crippen molar-refractivity contribution in [3.63, 3.8) is 0 Å². The van der Waals surface area contributed by atoms with Crippen LogP contribution in [0.3, 0.4) is 0 Å². The van der Waals surface area contributed by atoms with E-state index in [-0.39, 0.29) is 0 Å². The van der Waals surface area contributed by atoms with Gasteiger partial charge in [-0.2, -0.15) is 0 Å². The zero-order valence-electron chi connectivity index (χ0n) is 13.9. The van der Waals surface area contributed by atoms with Crippen LogP contribution in [0.15, 0.2) is 72.8 Å². The van der Waals surface area contributed by atoms with Crippen molar-refractivity contribution in [1.82, 2.24) is 0 Å². The summed E-state index contributed by atoms with van der Waals surface area (Å²) in [4.78, 5) is 0. The zero-order chi connectivity index (χ0) is 17.6. The van der Waals surface area contributed by atoms with Gasteiger partial charge in [-0.1, -0.05) is 42.5 Å². The molecule has 3 nitrogen and oxygen atoms in total. The van der Waals surface area contributed by atoms with Crippen molar-refractivity contribution in [3.8, 4) is 11.5 Å². The maximum Gasteiger partial charge on any atom is 0.126 e. The average molecular weight is 338 g/mol. The molecular formula is C21H19FO3. The van der Waals surface area contributed by atoms with E-state index >= 15 is 0 Å². The molecule has 0 aromatic heterocycles. The molecule has 4 heteroatoms. The fraction of sp³-hybridized carbons (Fsp3) is 0.143. The third kappa shape index (κ3) is 4.17. The smallest absolute Gasteiger partial charge is 0.126 e. The Morgan fingerprint density at radius 1 is 0.960 bits per heavy atom. The molecule has 0 fully saturated rings. The van der Waals surface area contributed by atoms with Crippen LogP contribution in [-0.2, 0) is 6.61 Å². The van der Waals surface area contributed by atoms with E-state index < -0.39 is 11.9 Å². The van der Waals surface area contributed by atoms with Crippen molar-refractivity contribution < 1.29 is 19.0 Å². The largest absolute Gasteiger partial charge is 0.497 e. The molecule has 0 amide bonds. The Kier molecular flexibility index (Phi) is 5.31. The van der Waals surface area contributed by atoms with Gasteiger partial charge in [0.1, 0.15) is 30.0 Å². The van der Waals surface area contributed by atoms with Crippen LogP contribution in [0.1, 0.15) is 22.8 Å². The number of hydrogen-bond donors (Lipinski definition) is 1. The normalized spacial score (nSPS) is 11.8. The molecule has 0 radical (unpaired) electrons. The van der Waals surface area contributed by atoms with Gasteiger partial charge in [0, 0.05) is 5.56 Å². The fourth-order valence-corrected chi connectivity index (χ4v) is 2.57. The lowest BCUT2D eigenvalue weighted by Gasteiger charge is -2.17. The van der Waals surface area contributed by atoms with Crippen LogP contribution in [0.5, 0.6) is 11.5 Å². The predicted molar refractivity (Wildman–Crippen MR) is 94.2 cm³/mol. The average Bonchev–Trinajstić information content (AvgIpc) is 2.67. The van der Waals surface area contributed by atoms with Crippen LogP contribution in [0.25, 0.3) is 0 Å². The number of benzene rings is 3. The lowest BCUT2D eigenvalue weighted by Crippen LogP contribution is -2.05. The Bertz CT molecular complexity index is 816. The van der Waals surface area contributed by atoms with Gasteiger partial charge in [0.25, 0.3) is 0 Å². The second-order valence-electron chi connectivity index (χ2n) is 5.63. The summed E-state index contributed by atoms with van der Waals surface area (Å²) in [6.07, 6.45) is -0.993. The highest BCUT2D eigenvalue weighted by Gasteiger charge is 2.17. The van der Waals surface area contributed by atoms with Gasteiger partial charge in [-0.25, -0.2) is 4.39 Å². The molecule has 0 aliphatic carbocycles. The van der Waals surface area contributed by atoms with Gasteiger partial charge in [0.2, 0.25) is 0 Å². The van der Waals surface area contributed by atoms with E-state index in [1.807, 2.05) is 30.3 Å². The minimum atomic E-state index is -0.993. The van der Waals surface area contributed by atoms with Gasteiger partial charge in [0.05, 0.1) is 7.11 Å². The number of hydrogen-bond acceptors (Lipinski definition) is 3. The van der Waals surface area contributed by atoms with Gasteiger partial charge in [-0.15, -0.1) is 0 Å². The molecule has 3 rings (SSSR count). The summed E-state index contributed by atoms with van der Waals surface area (Å²) in [5.74, 6) is 0.721. The van der Waals surface area contributed by atoms with Gasteiger partial charge >= 0.3 is 0 Å². The predicted octanol–water partition coefficient (Wildman–Crippen LogP) is 4.50. The molecule has 0 aliphatic heterocycles. The Balaban J connectivity index is 1.84. The first-order valence-electron chi connectivity index (χ1n) is 7.95. The highest BCUT2D eigenvalue weighted by Crippen LogP contribution is 2.32. The minimum Gasteiger partial charge on any atom is -0.497 e. The summed E-state index contributed by atoms with van der Waals surface area (Å²) in [7, 11) is 1.58. The van der Waals surface area contributed by atoms with Crippen LogP contribution in [0.2, 0.25) is 0 Å². The molecule has 25 heavy (non-hydrogen) atoms. The van der Waals surface area contributed by atoms with Crippen molar-refractivity contribution in [2.24, 2.45) is 0 Å². The Labute approximate surface area is 146 Å². The van der Waals surface area contributed by atoms with Crippen LogP contribution in [0.4, 0.5) is 4.39 Å². The van der Waals surface area contributed by atoms with Crippen molar-refractivity contribution in [2.75, 3.05) is 7.11 Å². The number of rotatable bonds is 6. The Morgan fingerprint density at radius 2 is 1.68 bits per heavy atom. The Hall–Kier alpha value is -2.85. The summed E-state index contributed by atoms with van der Waals surface area (Å²) in [6.45, 7) is 0.342. The fourth-order valence-electron chi connectivity index (χ4n) is 2.57. The summed E-state index contributed by atoms with van der Waals surface area (Å²) in [5.41, 5.74) is 2.02. The van der Waals surface area contributed by atoms with Crippen molar-refractivity contribution in [1.29, 1.82) is 0 Å². The first-order chi connectivity index (χ1) is 12.2. The molecule has 0 aliphatic rings. The van der Waals surface area contributed by atoms with E-state index in [9.17, 15) is 9.50 Å². The number of ether oxygens (including phenoxy) is 2. The molecule has 0 spiro atoms. The number of methoxy groups -OCH3 is 1. The van der Waals surface area contributed by atoms with Crippen LogP contribution in [-0.4, -0.2) is 12.2 Å². The summed E-state index contributed by atoms with van der Waals surface area (Å²) < 4.78 is 24.7. The van der Waals surface area contributed by atoms with E-state index in [4.69, 9.17) is 9.47 Å². The molecule has 0 saturated heterocycles. The molecular weight excluding hydrogens is 319 g/mol. The maximum absolute atomic E-state index is 13.7. The highest BCUT2D eigenvalue weighted by atomic mass is 19.1. The summed E-state index contributed by atoms with van der Waals surface area (Å²) in [5, 5.41) is 10.7. The van der Waals surface area contributed by atoms with E-state index in [1.54, 1.807) is 37.4 Å². The molecule has 0 bridgehead atoms. The molecule has 0 heterocycles. The van der Waals surface area contributed by atoms with Gasteiger partial charge in [0.15, 0.2) is 0 Å². The molecule has 1 N–H and O–H groups in total. The lowest BCUT2D eigenvalue weighted by molar-refractivity contribution is 0.208. The van der Waals surface area contributed by atoms with Crippen LogP contribution >= 0.6 is 0 Å². The minimum absolute atomic E-state index is 0.342. The zero-order valence-corrected chi connectivity index (χ0v) is 13.9. The van der Waals surface area contributed by atoms with Crippen molar-refractivity contribution >= 4 is 0 Å². The number of aliphatic hydroxyl groups is 1. The maximum atomic E-state index is 13.7. The topological polar surface area (TPSA) is 38.7 Å². The van der Waals surface area contributed by atoms with Crippen LogP contribution in [0, 0.1) is 5.82 Å². The van der Waals surface area contributed by atoms with Crippen molar-refractivity contribution in [3.05, 3.63) is 95.3 Å². The van der Waals surface area contributed by atoms with E-state index in [2.05, 4.69) is 0 Å².